The van der Waals surface area contributed by atoms with Gasteiger partial charge >= 0.3 is 0 Å². The van der Waals surface area contributed by atoms with Crippen molar-refractivity contribution < 1.29 is 14.9 Å². The van der Waals surface area contributed by atoms with Gasteiger partial charge < -0.3 is 19.8 Å². The summed E-state index contributed by atoms with van der Waals surface area (Å²) in [6.45, 7) is 3.69. The molecule has 0 aliphatic rings. The lowest BCUT2D eigenvalue weighted by atomic mass is 10.1. The van der Waals surface area contributed by atoms with Crippen LogP contribution in [0.1, 0.15) is 18.6 Å². The highest BCUT2D eigenvalue weighted by Crippen LogP contribution is 2.29. The Kier molecular flexibility index (Phi) is 6.63. The highest BCUT2D eigenvalue weighted by molar-refractivity contribution is 9.10. The zero-order chi connectivity index (χ0) is 13.5. The average molecular weight is 318 g/mol. The number of rotatable bonds is 7. The number of hydrogen-bond acceptors (Lipinski definition) is 4. The van der Waals surface area contributed by atoms with Crippen LogP contribution in [0.3, 0.4) is 0 Å². The molecule has 1 aromatic rings. The number of aliphatic hydroxyl groups is 2. The maximum atomic E-state index is 9.53. The minimum atomic E-state index is -0.486. The Balaban J connectivity index is 2.90. The van der Waals surface area contributed by atoms with Crippen LogP contribution >= 0.6 is 15.9 Å². The summed E-state index contributed by atoms with van der Waals surface area (Å²) in [5.41, 5.74) is 1.85. The van der Waals surface area contributed by atoms with Gasteiger partial charge in [0.15, 0.2) is 0 Å². The van der Waals surface area contributed by atoms with Gasteiger partial charge in [-0.1, -0.05) is 6.07 Å². The Labute approximate surface area is 116 Å². The first-order valence-corrected chi connectivity index (χ1v) is 6.71. The smallest absolute Gasteiger partial charge is 0.0762 e. The van der Waals surface area contributed by atoms with Gasteiger partial charge in [-0.05, 0) is 40.5 Å². The second-order valence-corrected chi connectivity index (χ2v) is 4.94. The van der Waals surface area contributed by atoms with Crippen LogP contribution in [0.15, 0.2) is 22.7 Å². The molecule has 102 valence electrons. The van der Waals surface area contributed by atoms with Gasteiger partial charge in [-0.3, -0.25) is 0 Å². The molecule has 5 heteroatoms. The maximum absolute atomic E-state index is 9.53. The lowest BCUT2D eigenvalue weighted by molar-refractivity contribution is 0.199. The second kappa shape index (κ2) is 7.74. The summed E-state index contributed by atoms with van der Waals surface area (Å²) in [5, 5.41) is 18.6. The summed E-state index contributed by atoms with van der Waals surface area (Å²) in [6.07, 6.45) is -0.486. The van der Waals surface area contributed by atoms with Crippen molar-refractivity contribution in [3.63, 3.8) is 0 Å². The normalized spacial score (nSPS) is 12.5. The van der Waals surface area contributed by atoms with Gasteiger partial charge in [0.1, 0.15) is 0 Å². The average Bonchev–Trinajstić information content (AvgIpc) is 2.34. The van der Waals surface area contributed by atoms with Gasteiger partial charge in [-0.25, -0.2) is 0 Å². The SMILES string of the molecule is COCCN(CCO)c1ccc([C@@H](C)O)cc1Br. The van der Waals surface area contributed by atoms with E-state index in [1.54, 1.807) is 14.0 Å². The van der Waals surface area contributed by atoms with Gasteiger partial charge in [0, 0.05) is 24.7 Å². The molecule has 0 saturated heterocycles. The van der Waals surface area contributed by atoms with Gasteiger partial charge in [-0.2, -0.15) is 0 Å². The second-order valence-electron chi connectivity index (χ2n) is 4.09. The summed E-state index contributed by atoms with van der Waals surface area (Å²) in [4.78, 5) is 2.04. The Hall–Kier alpha value is -0.620. The van der Waals surface area contributed by atoms with E-state index in [1.807, 2.05) is 23.1 Å². The first kappa shape index (κ1) is 15.4. The molecule has 4 nitrogen and oxygen atoms in total. The molecule has 1 aromatic carbocycles. The number of anilines is 1. The minimum absolute atomic E-state index is 0.0916. The van der Waals surface area contributed by atoms with Crippen molar-refractivity contribution in [3.05, 3.63) is 28.2 Å². The third-order valence-corrected chi connectivity index (χ3v) is 3.37. The van der Waals surface area contributed by atoms with Crippen LogP contribution in [-0.2, 0) is 4.74 Å². The van der Waals surface area contributed by atoms with Crippen LogP contribution in [0.2, 0.25) is 0 Å². The number of hydrogen-bond donors (Lipinski definition) is 2. The van der Waals surface area contributed by atoms with Crippen LogP contribution in [0.4, 0.5) is 5.69 Å². The van der Waals surface area contributed by atoms with Crippen molar-refractivity contribution in [3.8, 4) is 0 Å². The predicted molar refractivity (Wildman–Crippen MR) is 76.0 cm³/mol. The quantitative estimate of drug-likeness (QED) is 0.807. The first-order chi connectivity index (χ1) is 8.60. The molecule has 0 saturated carbocycles. The van der Waals surface area contributed by atoms with E-state index in [2.05, 4.69) is 15.9 Å². The van der Waals surface area contributed by atoms with Crippen molar-refractivity contribution in [2.75, 3.05) is 38.3 Å². The molecule has 0 aromatic heterocycles. The molecule has 1 atom stereocenters. The lowest BCUT2D eigenvalue weighted by Crippen LogP contribution is -2.30. The fourth-order valence-corrected chi connectivity index (χ4v) is 2.36. The van der Waals surface area contributed by atoms with Crippen molar-refractivity contribution in [1.82, 2.24) is 0 Å². The molecule has 0 aliphatic carbocycles. The Bertz CT molecular complexity index is 371. The van der Waals surface area contributed by atoms with Crippen molar-refractivity contribution in [1.29, 1.82) is 0 Å². The lowest BCUT2D eigenvalue weighted by Gasteiger charge is -2.25. The number of halogens is 1. The predicted octanol–water partition coefficient (Wildman–Crippen LogP) is 1.95. The summed E-state index contributed by atoms with van der Waals surface area (Å²) in [6, 6.07) is 5.73. The van der Waals surface area contributed by atoms with Crippen LogP contribution in [0.5, 0.6) is 0 Å². The minimum Gasteiger partial charge on any atom is -0.395 e. The fourth-order valence-electron chi connectivity index (χ4n) is 1.71. The molecular formula is C13H20BrNO3. The van der Waals surface area contributed by atoms with Crippen LogP contribution in [0.25, 0.3) is 0 Å². The third kappa shape index (κ3) is 4.24. The van der Waals surface area contributed by atoms with Gasteiger partial charge in [0.05, 0.1) is 25.0 Å². The standard InChI is InChI=1S/C13H20BrNO3/c1-10(17)11-3-4-13(12(14)9-11)15(5-7-16)6-8-18-2/h3-4,9-10,16-17H,5-8H2,1-2H3/t10-/m1/s1. The Morgan fingerprint density at radius 1 is 1.39 bits per heavy atom. The third-order valence-electron chi connectivity index (χ3n) is 2.73. The monoisotopic (exact) mass is 317 g/mol. The molecule has 18 heavy (non-hydrogen) atoms. The molecule has 2 N–H and O–H groups in total. The summed E-state index contributed by atoms with van der Waals surface area (Å²) >= 11 is 3.50. The molecular weight excluding hydrogens is 298 g/mol. The molecule has 0 unspecified atom stereocenters. The van der Waals surface area contributed by atoms with E-state index in [9.17, 15) is 5.11 Å². The zero-order valence-corrected chi connectivity index (χ0v) is 12.4. The van der Waals surface area contributed by atoms with Crippen LogP contribution < -0.4 is 4.90 Å². The molecule has 0 aliphatic heterocycles. The van der Waals surface area contributed by atoms with E-state index in [0.29, 0.717) is 19.7 Å². The number of nitrogens with zero attached hydrogens (tertiary/aromatic N) is 1. The highest BCUT2D eigenvalue weighted by Gasteiger charge is 2.11. The first-order valence-electron chi connectivity index (χ1n) is 5.92. The number of methoxy groups -OCH3 is 1. The number of benzene rings is 1. The summed E-state index contributed by atoms with van der Waals surface area (Å²) in [5.74, 6) is 0. The van der Waals surface area contributed by atoms with Crippen LogP contribution in [0, 0.1) is 0 Å². The molecule has 1 rings (SSSR count). The van der Waals surface area contributed by atoms with Gasteiger partial charge in [-0.15, -0.1) is 0 Å². The van der Waals surface area contributed by atoms with E-state index in [1.165, 1.54) is 0 Å². The maximum Gasteiger partial charge on any atom is 0.0762 e. The zero-order valence-electron chi connectivity index (χ0n) is 10.8. The molecule has 0 heterocycles. The number of aliphatic hydroxyl groups excluding tert-OH is 2. The Morgan fingerprint density at radius 3 is 2.61 bits per heavy atom. The van der Waals surface area contributed by atoms with E-state index in [4.69, 9.17) is 9.84 Å². The van der Waals surface area contributed by atoms with E-state index >= 15 is 0 Å². The van der Waals surface area contributed by atoms with Crippen molar-refractivity contribution in [2.24, 2.45) is 0 Å². The Morgan fingerprint density at radius 2 is 2.11 bits per heavy atom. The topological polar surface area (TPSA) is 52.9 Å². The molecule has 0 fully saturated rings. The van der Waals surface area contributed by atoms with E-state index < -0.39 is 6.10 Å². The highest BCUT2D eigenvalue weighted by atomic mass is 79.9. The van der Waals surface area contributed by atoms with E-state index in [0.717, 1.165) is 15.7 Å². The fraction of sp³-hybridized carbons (Fsp3) is 0.538. The van der Waals surface area contributed by atoms with Crippen LogP contribution in [-0.4, -0.2) is 43.6 Å². The summed E-state index contributed by atoms with van der Waals surface area (Å²) < 4.78 is 5.97. The molecule has 0 amide bonds. The molecule has 0 radical (unpaired) electrons. The van der Waals surface area contributed by atoms with Crippen molar-refractivity contribution >= 4 is 21.6 Å². The largest absolute Gasteiger partial charge is 0.395 e. The summed E-state index contributed by atoms with van der Waals surface area (Å²) in [7, 11) is 1.66. The number of ether oxygens (including phenoxy) is 1. The van der Waals surface area contributed by atoms with Crippen molar-refractivity contribution in [2.45, 2.75) is 13.0 Å². The molecule has 0 spiro atoms. The van der Waals surface area contributed by atoms with Gasteiger partial charge in [0.25, 0.3) is 0 Å². The van der Waals surface area contributed by atoms with Gasteiger partial charge in [0.2, 0.25) is 0 Å². The van der Waals surface area contributed by atoms with E-state index in [-0.39, 0.29) is 6.61 Å². The molecule has 0 bridgehead atoms.